The van der Waals surface area contributed by atoms with Gasteiger partial charge in [-0.15, -0.1) is 0 Å². The molecule has 0 radical (unpaired) electrons. The molecular weight excluding hydrogens is 270 g/mol. The number of aliphatic imine (C=N–C) groups is 1. The van der Waals surface area contributed by atoms with Crippen LogP contribution in [0.5, 0.6) is 0 Å². The Morgan fingerprint density at radius 1 is 1.37 bits per heavy atom. The maximum absolute atomic E-state index is 11.4. The Kier molecular flexibility index (Phi) is 3.32. The first-order chi connectivity index (χ1) is 8.90. The minimum Gasteiger partial charge on any atom is -0.481 e. The molecular formula is C13H12ClNO4. The second-order valence-corrected chi connectivity index (χ2v) is 4.87. The lowest BCUT2D eigenvalue weighted by atomic mass is 9.72. The van der Waals surface area contributed by atoms with E-state index < -0.39 is 17.4 Å². The summed E-state index contributed by atoms with van der Waals surface area (Å²) in [6.45, 7) is 1.76. The highest BCUT2D eigenvalue weighted by molar-refractivity contribution is 6.41. The van der Waals surface area contributed by atoms with Gasteiger partial charge in [0.15, 0.2) is 0 Å². The van der Waals surface area contributed by atoms with Crippen molar-refractivity contribution >= 4 is 34.9 Å². The third kappa shape index (κ3) is 2.10. The van der Waals surface area contributed by atoms with Gasteiger partial charge >= 0.3 is 11.9 Å². The number of hydrogen-bond acceptors (Lipinski definition) is 3. The molecule has 100 valence electrons. The van der Waals surface area contributed by atoms with Crippen LogP contribution in [0, 0.1) is 0 Å². The molecule has 6 heteroatoms. The fourth-order valence-corrected chi connectivity index (χ4v) is 2.70. The van der Waals surface area contributed by atoms with E-state index in [2.05, 4.69) is 4.99 Å². The maximum atomic E-state index is 11.4. The van der Waals surface area contributed by atoms with Crippen molar-refractivity contribution in [1.82, 2.24) is 0 Å². The van der Waals surface area contributed by atoms with Crippen molar-refractivity contribution in [2.75, 3.05) is 0 Å². The minimum absolute atomic E-state index is 0.130. The van der Waals surface area contributed by atoms with Gasteiger partial charge in [0.2, 0.25) is 0 Å². The van der Waals surface area contributed by atoms with Crippen LogP contribution in [0.25, 0.3) is 0 Å². The molecule has 0 amide bonds. The van der Waals surface area contributed by atoms with Gasteiger partial charge < -0.3 is 10.2 Å². The Bertz CT molecular complexity index is 596. The molecule has 1 unspecified atom stereocenters. The van der Waals surface area contributed by atoms with Crippen LogP contribution in [0.3, 0.4) is 0 Å². The summed E-state index contributed by atoms with van der Waals surface area (Å²) >= 11 is 5.86. The van der Waals surface area contributed by atoms with E-state index in [1.807, 2.05) is 0 Å². The summed E-state index contributed by atoms with van der Waals surface area (Å²) in [5, 5.41) is 18.8. The van der Waals surface area contributed by atoms with Crippen molar-refractivity contribution in [3.05, 3.63) is 28.8 Å². The predicted molar refractivity (Wildman–Crippen MR) is 70.4 cm³/mol. The monoisotopic (exact) mass is 281 g/mol. The Morgan fingerprint density at radius 2 is 2.05 bits per heavy atom. The molecule has 1 aliphatic rings. The van der Waals surface area contributed by atoms with Crippen molar-refractivity contribution in [1.29, 1.82) is 0 Å². The van der Waals surface area contributed by atoms with Crippen molar-refractivity contribution in [3.8, 4) is 0 Å². The predicted octanol–water partition coefficient (Wildman–Crippen LogP) is 2.63. The Labute approximate surface area is 114 Å². The summed E-state index contributed by atoms with van der Waals surface area (Å²) in [5.74, 6) is -2.26. The second kappa shape index (κ2) is 4.66. The zero-order valence-electron chi connectivity index (χ0n) is 10.2. The molecule has 0 aromatic heterocycles. The molecule has 1 heterocycles. The van der Waals surface area contributed by atoms with Crippen LogP contribution in [-0.2, 0) is 15.0 Å². The zero-order chi connectivity index (χ0) is 14.2. The van der Waals surface area contributed by atoms with Gasteiger partial charge in [-0.1, -0.05) is 24.6 Å². The third-order valence-electron chi connectivity index (χ3n) is 3.42. The van der Waals surface area contributed by atoms with Crippen LogP contribution in [0.2, 0.25) is 5.02 Å². The highest BCUT2D eigenvalue weighted by atomic mass is 35.5. The molecule has 0 fully saturated rings. The normalized spacial score (nSPS) is 20.8. The highest BCUT2D eigenvalue weighted by Gasteiger charge is 2.47. The summed E-state index contributed by atoms with van der Waals surface area (Å²) < 4.78 is 0. The SMILES string of the molecule is CCC1(CC(=O)O)C(C(=O)O)=Nc2cc(Cl)ccc21. The number of fused-ring (bicyclic) bond motifs is 1. The number of carboxylic acid groups (broad SMARTS) is 2. The smallest absolute Gasteiger partial charge is 0.351 e. The van der Waals surface area contributed by atoms with Crippen molar-refractivity contribution in [3.63, 3.8) is 0 Å². The van der Waals surface area contributed by atoms with E-state index in [9.17, 15) is 14.7 Å². The number of hydrogen-bond donors (Lipinski definition) is 2. The lowest BCUT2D eigenvalue weighted by Crippen LogP contribution is -2.39. The van der Waals surface area contributed by atoms with Gasteiger partial charge in [-0.3, -0.25) is 4.79 Å². The first-order valence-electron chi connectivity index (χ1n) is 5.75. The Morgan fingerprint density at radius 3 is 2.58 bits per heavy atom. The van der Waals surface area contributed by atoms with E-state index in [0.717, 1.165) is 0 Å². The van der Waals surface area contributed by atoms with Crippen LogP contribution < -0.4 is 0 Å². The average molecular weight is 282 g/mol. The molecule has 2 N–H and O–H groups in total. The highest BCUT2D eigenvalue weighted by Crippen LogP contribution is 2.45. The van der Waals surface area contributed by atoms with Gasteiger partial charge in [-0.2, -0.15) is 0 Å². The standard InChI is InChI=1S/C13H12ClNO4/c1-2-13(6-10(16)17)8-4-3-7(14)5-9(8)15-11(13)12(18)19/h3-5H,2,6H2,1H3,(H,16,17)(H,18,19). The van der Waals surface area contributed by atoms with E-state index >= 15 is 0 Å². The van der Waals surface area contributed by atoms with E-state index in [1.54, 1.807) is 25.1 Å². The fraction of sp³-hybridized carbons (Fsp3) is 0.308. The molecule has 1 aromatic rings. The van der Waals surface area contributed by atoms with Gasteiger partial charge in [-0.25, -0.2) is 9.79 Å². The first kappa shape index (κ1) is 13.5. The fourth-order valence-electron chi connectivity index (χ4n) is 2.53. The Hall–Kier alpha value is -1.88. The van der Waals surface area contributed by atoms with Gasteiger partial charge in [0, 0.05) is 5.02 Å². The summed E-state index contributed by atoms with van der Waals surface area (Å²) in [4.78, 5) is 26.5. The molecule has 1 aromatic carbocycles. The quantitative estimate of drug-likeness (QED) is 0.888. The van der Waals surface area contributed by atoms with Crippen LogP contribution in [-0.4, -0.2) is 27.9 Å². The number of aliphatic carboxylic acids is 2. The van der Waals surface area contributed by atoms with Crippen LogP contribution in [0.1, 0.15) is 25.3 Å². The average Bonchev–Trinajstić information content (AvgIpc) is 2.63. The minimum atomic E-state index is -1.20. The van der Waals surface area contributed by atoms with Crippen molar-refractivity contribution in [2.45, 2.75) is 25.2 Å². The van der Waals surface area contributed by atoms with E-state index in [0.29, 0.717) is 22.7 Å². The van der Waals surface area contributed by atoms with Crippen LogP contribution in [0.15, 0.2) is 23.2 Å². The van der Waals surface area contributed by atoms with Gasteiger partial charge in [0.1, 0.15) is 5.71 Å². The molecule has 5 nitrogen and oxygen atoms in total. The first-order valence-corrected chi connectivity index (χ1v) is 6.13. The van der Waals surface area contributed by atoms with E-state index in [1.165, 1.54) is 0 Å². The number of nitrogens with zero attached hydrogens (tertiary/aromatic N) is 1. The molecule has 0 aliphatic carbocycles. The van der Waals surface area contributed by atoms with Crippen LogP contribution in [0.4, 0.5) is 5.69 Å². The lowest BCUT2D eigenvalue weighted by molar-refractivity contribution is -0.138. The molecule has 0 spiro atoms. The summed E-state index contributed by atoms with van der Waals surface area (Å²) in [5.41, 5.74) is -0.167. The molecule has 2 rings (SSSR count). The molecule has 0 saturated heterocycles. The topological polar surface area (TPSA) is 87.0 Å². The maximum Gasteiger partial charge on any atom is 0.351 e. The van der Waals surface area contributed by atoms with Crippen molar-refractivity contribution < 1.29 is 19.8 Å². The molecule has 0 saturated carbocycles. The summed E-state index contributed by atoms with van der Waals surface area (Å²) in [7, 11) is 0. The molecule has 0 bridgehead atoms. The van der Waals surface area contributed by atoms with E-state index in [-0.39, 0.29) is 12.1 Å². The van der Waals surface area contributed by atoms with Crippen LogP contribution >= 0.6 is 11.6 Å². The largest absolute Gasteiger partial charge is 0.481 e. The Balaban J connectivity index is 2.66. The molecule has 1 atom stereocenters. The number of rotatable bonds is 4. The van der Waals surface area contributed by atoms with E-state index in [4.69, 9.17) is 16.7 Å². The number of benzene rings is 1. The summed E-state index contributed by atoms with van der Waals surface area (Å²) in [6, 6.07) is 4.83. The number of carboxylic acids is 2. The third-order valence-corrected chi connectivity index (χ3v) is 3.66. The molecule has 1 aliphatic heterocycles. The lowest BCUT2D eigenvalue weighted by Gasteiger charge is -2.27. The number of halogens is 1. The second-order valence-electron chi connectivity index (χ2n) is 4.43. The van der Waals surface area contributed by atoms with Crippen molar-refractivity contribution in [2.24, 2.45) is 4.99 Å². The number of carbonyl (C=O) groups is 2. The summed E-state index contributed by atoms with van der Waals surface area (Å²) in [6.07, 6.45) is 0.0440. The van der Waals surface area contributed by atoms with Gasteiger partial charge in [0.05, 0.1) is 17.5 Å². The van der Waals surface area contributed by atoms with Gasteiger partial charge in [0.25, 0.3) is 0 Å². The molecule has 19 heavy (non-hydrogen) atoms. The van der Waals surface area contributed by atoms with Gasteiger partial charge in [-0.05, 0) is 24.1 Å². The zero-order valence-corrected chi connectivity index (χ0v) is 10.9.